The summed E-state index contributed by atoms with van der Waals surface area (Å²) in [5.41, 5.74) is 3.29. The Balaban J connectivity index is 1.55. The largest absolute Gasteiger partial charge is 0.369 e. The van der Waals surface area contributed by atoms with Crippen LogP contribution >= 0.6 is 0 Å². The summed E-state index contributed by atoms with van der Waals surface area (Å²) in [6.45, 7) is 2.85. The molecule has 170 valence electrons. The maximum Gasteiger partial charge on any atom is 0.244 e. The van der Waals surface area contributed by atoms with Crippen molar-refractivity contribution in [3.8, 4) is 0 Å². The fourth-order valence-corrected chi connectivity index (χ4v) is 8.13. The summed E-state index contributed by atoms with van der Waals surface area (Å²) in [6, 6.07) is 2.15. The van der Waals surface area contributed by atoms with E-state index in [0.717, 1.165) is 44.2 Å². The summed E-state index contributed by atoms with van der Waals surface area (Å²) in [7, 11) is -4.47. The van der Waals surface area contributed by atoms with Gasteiger partial charge >= 0.3 is 0 Å². The van der Waals surface area contributed by atoms with Crippen molar-refractivity contribution in [3.05, 3.63) is 29.8 Å². The number of carbonyl (C=O) groups excluding carboxylic acids is 2. The molecular weight excluding hydrogens is 426 g/mol. The highest BCUT2D eigenvalue weighted by atomic mass is 32.2. The number of nitrogens with one attached hydrogen (secondary N) is 1. The van der Waals surface area contributed by atoms with E-state index in [2.05, 4.69) is 4.72 Å². The Hall–Kier alpha value is -1.87. The lowest BCUT2D eigenvalue weighted by atomic mass is 9.43. The van der Waals surface area contributed by atoms with Crippen LogP contribution in [0.1, 0.15) is 58.8 Å². The Morgan fingerprint density at radius 2 is 1.77 bits per heavy atom. The van der Waals surface area contributed by atoms with Crippen LogP contribution in [-0.4, -0.2) is 25.6 Å². The quantitative estimate of drug-likeness (QED) is 0.660. The van der Waals surface area contributed by atoms with Crippen molar-refractivity contribution in [3.63, 3.8) is 0 Å². The Bertz CT molecular complexity index is 1040. The number of amides is 1. The predicted molar refractivity (Wildman–Crippen MR) is 109 cm³/mol. The highest BCUT2D eigenvalue weighted by molar-refractivity contribution is 7.89. The number of Topliss-reactive ketones (excluding diaryl/α,β-unsaturated/α-hetero) is 1. The fraction of sp³-hybridized carbons (Fsp3) is 0.636. The van der Waals surface area contributed by atoms with E-state index in [1.54, 1.807) is 0 Å². The Kier molecular flexibility index (Phi) is 5.09. The monoisotopic (exact) mass is 454 g/mol. The molecule has 4 fully saturated rings. The Morgan fingerprint density at radius 1 is 1.16 bits per heavy atom. The molecule has 4 saturated carbocycles. The second-order valence-electron chi connectivity index (χ2n) is 10.5. The van der Waals surface area contributed by atoms with Gasteiger partial charge in [-0.15, -0.1) is 0 Å². The number of sulfonamides is 1. The first-order chi connectivity index (χ1) is 14.3. The van der Waals surface area contributed by atoms with E-state index in [1.165, 1.54) is 13.8 Å². The van der Waals surface area contributed by atoms with Crippen LogP contribution in [0.4, 0.5) is 8.78 Å². The van der Waals surface area contributed by atoms with Gasteiger partial charge < -0.3 is 5.73 Å². The lowest BCUT2D eigenvalue weighted by Crippen LogP contribution is -2.58. The van der Waals surface area contributed by atoms with Crippen molar-refractivity contribution in [2.24, 2.45) is 28.4 Å². The van der Waals surface area contributed by atoms with Gasteiger partial charge in [0.25, 0.3) is 0 Å². The lowest BCUT2D eigenvalue weighted by molar-refractivity contribution is -0.158. The van der Waals surface area contributed by atoms with Gasteiger partial charge in [-0.05, 0) is 87.8 Å². The zero-order valence-electron chi connectivity index (χ0n) is 17.7. The van der Waals surface area contributed by atoms with Crippen molar-refractivity contribution in [2.75, 3.05) is 0 Å². The van der Waals surface area contributed by atoms with E-state index < -0.39 is 37.5 Å². The first-order valence-electron chi connectivity index (χ1n) is 10.6. The summed E-state index contributed by atoms with van der Waals surface area (Å²) in [5, 5.41) is 0. The molecule has 0 heterocycles. The molecule has 0 spiro atoms. The van der Waals surface area contributed by atoms with Crippen LogP contribution in [0.2, 0.25) is 0 Å². The number of hydrogen-bond acceptors (Lipinski definition) is 4. The SMILES string of the molecule is CC(C)(NS(=O)(=O)c1cc(F)ccc1F)C(=O)CC12CC3CC(C1)CC(C(N)=O)(C3)C2. The first-order valence-corrected chi connectivity index (χ1v) is 12.1. The lowest BCUT2D eigenvalue weighted by Gasteiger charge is -2.61. The summed E-state index contributed by atoms with van der Waals surface area (Å²) in [4.78, 5) is 24.7. The zero-order chi connectivity index (χ0) is 22.8. The molecule has 3 N–H and O–H groups in total. The first kappa shape index (κ1) is 22.3. The molecule has 0 saturated heterocycles. The molecule has 2 unspecified atom stereocenters. The molecule has 6 nitrogen and oxygen atoms in total. The molecule has 1 aromatic rings. The topological polar surface area (TPSA) is 106 Å². The molecule has 2 atom stereocenters. The van der Waals surface area contributed by atoms with Gasteiger partial charge in [0.1, 0.15) is 16.5 Å². The molecule has 4 aliphatic carbocycles. The van der Waals surface area contributed by atoms with Crippen LogP contribution in [0.25, 0.3) is 0 Å². The van der Waals surface area contributed by atoms with Crippen molar-refractivity contribution in [1.29, 1.82) is 0 Å². The number of halogens is 2. The van der Waals surface area contributed by atoms with Gasteiger partial charge in [0, 0.05) is 6.42 Å². The molecule has 1 amide bonds. The van der Waals surface area contributed by atoms with E-state index in [0.29, 0.717) is 24.3 Å². The number of nitrogens with two attached hydrogens (primary N) is 1. The average molecular weight is 455 g/mol. The minimum absolute atomic E-state index is 0.121. The van der Waals surface area contributed by atoms with Crippen molar-refractivity contribution < 1.29 is 26.8 Å². The molecular formula is C22H28F2N2O4S. The van der Waals surface area contributed by atoms with Crippen LogP contribution in [0, 0.1) is 34.3 Å². The Morgan fingerprint density at radius 3 is 2.35 bits per heavy atom. The van der Waals surface area contributed by atoms with Crippen LogP contribution in [0.3, 0.4) is 0 Å². The third-order valence-corrected chi connectivity index (χ3v) is 9.18. The third-order valence-electron chi connectivity index (χ3n) is 7.51. The number of carbonyl (C=O) groups is 2. The molecule has 0 radical (unpaired) electrons. The van der Waals surface area contributed by atoms with E-state index in [4.69, 9.17) is 5.73 Å². The highest BCUT2D eigenvalue weighted by Gasteiger charge is 2.60. The Labute approximate surface area is 181 Å². The van der Waals surface area contributed by atoms with Crippen molar-refractivity contribution >= 4 is 21.7 Å². The second kappa shape index (κ2) is 7.07. The number of hydrogen-bond donors (Lipinski definition) is 2. The standard InChI is InChI=1S/C22H28F2N2O4S/c1-20(2,26-31(29,30)17-6-15(23)3-4-16(17)24)18(27)11-21-7-13-5-14(8-21)10-22(9-13,12-21)19(25)28/h3-4,6,13-14,26H,5,7-12H2,1-2H3,(H2,25,28). The molecule has 9 heteroatoms. The number of benzene rings is 1. The average Bonchev–Trinajstić information content (AvgIpc) is 2.61. The van der Waals surface area contributed by atoms with Gasteiger partial charge in [0.15, 0.2) is 5.78 Å². The predicted octanol–water partition coefficient (Wildman–Crippen LogP) is 3.05. The third kappa shape index (κ3) is 3.91. The van der Waals surface area contributed by atoms with Gasteiger partial charge in [-0.1, -0.05) is 0 Å². The summed E-state index contributed by atoms with van der Waals surface area (Å²) in [5.74, 6) is -1.93. The van der Waals surface area contributed by atoms with Crippen LogP contribution < -0.4 is 10.5 Å². The summed E-state index contributed by atoms with van der Waals surface area (Å²) in [6.07, 6.45) is 4.90. The maximum absolute atomic E-state index is 14.0. The van der Waals surface area contributed by atoms with Crippen LogP contribution in [-0.2, 0) is 19.6 Å². The van der Waals surface area contributed by atoms with Crippen molar-refractivity contribution in [2.45, 2.75) is 69.2 Å². The smallest absolute Gasteiger partial charge is 0.244 e. The number of ketones is 1. The maximum atomic E-state index is 14.0. The molecule has 5 rings (SSSR count). The summed E-state index contributed by atoms with van der Waals surface area (Å²) < 4.78 is 55.2. The van der Waals surface area contributed by atoms with Crippen molar-refractivity contribution in [1.82, 2.24) is 4.72 Å². The minimum atomic E-state index is -4.47. The molecule has 1 aromatic carbocycles. The number of rotatable bonds is 7. The van der Waals surface area contributed by atoms with Crippen LogP contribution in [0.5, 0.6) is 0 Å². The van der Waals surface area contributed by atoms with E-state index in [9.17, 15) is 26.8 Å². The molecule has 0 aromatic heterocycles. The van der Waals surface area contributed by atoms with Gasteiger partial charge in [-0.25, -0.2) is 17.2 Å². The van der Waals surface area contributed by atoms with Gasteiger partial charge in [0.05, 0.1) is 11.0 Å². The second-order valence-corrected chi connectivity index (χ2v) is 12.2. The molecule has 4 bridgehead atoms. The molecule has 0 aliphatic heterocycles. The normalized spacial score (nSPS) is 32.3. The van der Waals surface area contributed by atoms with Gasteiger partial charge in [-0.2, -0.15) is 4.72 Å². The van der Waals surface area contributed by atoms with Gasteiger partial charge in [0.2, 0.25) is 15.9 Å². The molecule has 31 heavy (non-hydrogen) atoms. The highest BCUT2D eigenvalue weighted by Crippen LogP contribution is 2.66. The molecule has 4 aliphatic rings. The van der Waals surface area contributed by atoms with Crippen LogP contribution in [0.15, 0.2) is 23.1 Å². The summed E-state index contributed by atoms with van der Waals surface area (Å²) >= 11 is 0. The number of primary amides is 1. The minimum Gasteiger partial charge on any atom is -0.369 e. The van der Waals surface area contributed by atoms with E-state index in [-0.39, 0.29) is 23.5 Å². The van der Waals surface area contributed by atoms with Gasteiger partial charge in [-0.3, -0.25) is 9.59 Å². The zero-order valence-corrected chi connectivity index (χ0v) is 18.5. The fourth-order valence-electron chi connectivity index (χ4n) is 6.64. The van der Waals surface area contributed by atoms with E-state index in [1.807, 2.05) is 0 Å². The van der Waals surface area contributed by atoms with E-state index >= 15 is 0 Å².